The monoisotopic (exact) mass is 287 g/mol. The smallest absolute Gasteiger partial charge is 0.122 e. The van der Waals surface area contributed by atoms with Crippen molar-refractivity contribution < 1.29 is 4.74 Å². The minimum atomic E-state index is 0.553. The van der Waals surface area contributed by atoms with Crippen LogP contribution in [-0.4, -0.2) is 19.2 Å². The lowest BCUT2D eigenvalue weighted by molar-refractivity contribution is 0.356. The first kappa shape index (κ1) is 14.9. The average molecular weight is 287 g/mol. The number of hydrogen-bond acceptors (Lipinski definition) is 2. The first-order chi connectivity index (χ1) is 10.1. The molecule has 1 aromatic carbocycles. The molecule has 1 aromatic rings. The maximum Gasteiger partial charge on any atom is 0.122 e. The maximum absolute atomic E-state index is 5.60. The Morgan fingerprint density at radius 2 is 2.19 bits per heavy atom. The summed E-state index contributed by atoms with van der Waals surface area (Å²) in [6.07, 6.45) is 6.12. The zero-order valence-corrected chi connectivity index (χ0v) is 13.7. The fourth-order valence-electron chi connectivity index (χ4n) is 3.69. The van der Waals surface area contributed by atoms with Crippen molar-refractivity contribution in [2.24, 2.45) is 11.3 Å². The van der Waals surface area contributed by atoms with Crippen LogP contribution in [0.1, 0.15) is 51.2 Å². The maximum atomic E-state index is 5.60. The van der Waals surface area contributed by atoms with E-state index in [0.29, 0.717) is 11.5 Å². The van der Waals surface area contributed by atoms with Gasteiger partial charge in [-0.25, -0.2) is 0 Å². The van der Waals surface area contributed by atoms with E-state index in [4.69, 9.17) is 4.74 Å². The number of benzene rings is 1. The second kappa shape index (κ2) is 6.00. The van der Waals surface area contributed by atoms with Crippen molar-refractivity contribution in [3.05, 3.63) is 29.3 Å². The molecule has 2 heteroatoms. The average Bonchev–Trinajstić information content (AvgIpc) is 2.88. The summed E-state index contributed by atoms with van der Waals surface area (Å²) in [5.74, 6) is 1.96. The van der Waals surface area contributed by atoms with E-state index in [1.54, 1.807) is 0 Å². The number of ether oxygens (including phenoxy) is 1. The molecule has 1 saturated carbocycles. The van der Waals surface area contributed by atoms with Gasteiger partial charge in [-0.2, -0.15) is 0 Å². The van der Waals surface area contributed by atoms with Crippen molar-refractivity contribution in [2.75, 3.05) is 13.2 Å². The second-order valence-corrected chi connectivity index (χ2v) is 7.44. The lowest BCUT2D eigenvalue weighted by Gasteiger charge is -2.20. The predicted molar refractivity (Wildman–Crippen MR) is 87.9 cm³/mol. The summed E-state index contributed by atoms with van der Waals surface area (Å²) in [5.41, 5.74) is 3.43. The summed E-state index contributed by atoms with van der Waals surface area (Å²) in [4.78, 5) is 0. The van der Waals surface area contributed by atoms with Crippen LogP contribution in [0.2, 0.25) is 0 Å². The SMILES string of the molecule is CCCNC(CCc1ccc2c(c1)CCO2)C1CC1(C)C. The standard InChI is InChI=1S/C19H29NO/c1-4-10-20-17(16-13-19(16,2)3)7-5-14-6-8-18-15(12-14)9-11-21-18/h6,8,12,16-17,20H,4-5,7,9-11,13H2,1-3H3. The summed E-state index contributed by atoms with van der Waals surface area (Å²) in [6, 6.07) is 7.45. The minimum absolute atomic E-state index is 0.553. The third kappa shape index (κ3) is 3.42. The molecule has 2 nitrogen and oxygen atoms in total. The second-order valence-electron chi connectivity index (χ2n) is 7.44. The molecular weight excluding hydrogens is 258 g/mol. The Morgan fingerprint density at radius 3 is 2.90 bits per heavy atom. The molecule has 2 aliphatic rings. The quantitative estimate of drug-likeness (QED) is 0.819. The number of fused-ring (bicyclic) bond motifs is 1. The Balaban J connectivity index is 1.58. The lowest BCUT2D eigenvalue weighted by Crippen LogP contribution is -2.33. The van der Waals surface area contributed by atoms with Crippen LogP contribution < -0.4 is 10.1 Å². The molecule has 0 bridgehead atoms. The molecule has 1 aliphatic carbocycles. The van der Waals surface area contributed by atoms with Crippen LogP contribution in [-0.2, 0) is 12.8 Å². The van der Waals surface area contributed by atoms with E-state index in [1.807, 2.05) is 0 Å². The van der Waals surface area contributed by atoms with E-state index in [9.17, 15) is 0 Å². The lowest BCUT2D eigenvalue weighted by atomic mass is 9.96. The van der Waals surface area contributed by atoms with Gasteiger partial charge >= 0.3 is 0 Å². The molecule has 116 valence electrons. The van der Waals surface area contributed by atoms with Crippen LogP contribution in [0.15, 0.2) is 18.2 Å². The molecule has 1 aliphatic heterocycles. The fourth-order valence-corrected chi connectivity index (χ4v) is 3.69. The van der Waals surface area contributed by atoms with Crippen LogP contribution in [0.4, 0.5) is 0 Å². The summed E-state index contributed by atoms with van der Waals surface area (Å²) in [7, 11) is 0. The zero-order valence-electron chi connectivity index (χ0n) is 13.7. The van der Waals surface area contributed by atoms with E-state index >= 15 is 0 Å². The molecule has 3 rings (SSSR count). The molecule has 0 spiro atoms. The van der Waals surface area contributed by atoms with Crippen LogP contribution in [0.5, 0.6) is 5.75 Å². The van der Waals surface area contributed by atoms with Gasteiger partial charge in [0, 0.05) is 12.5 Å². The van der Waals surface area contributed by atoms with Gasteiger partial charge in [-0.05, 0) is 60.8 Å². The molecule has 2 unspecified atom stereocenters. The zero-order chi connectivity index (χ0) is 14.9. The van der Waals surface area contributed by atoms with Gasteiger partial charge in [0.1, 0.15) is 5.75 Å². The van der Waals surface area contributed by atoms with Crippen molar-refractivity contribution >= 4 is 0 Å². The molecule has 1 heterocycles. The van der Waals surface area contributed by atoms with E-state index in [-0.39, 0.29) is 0 Å². The van der Waals surface area contributed by atoms with Gasteiger partial charge in [0.2, 0.25) is 0 Å². The highest BCUT2D eigenvalue weighted by Crippen LogP contribution is 2.54. The molecule has 1 N–H and O–H groups in total. The van der Waals surface area contributed by atoms with Crippen molar-refractivity contribution in [1.29, 1.82) is 0 Å². The first-order valence-corrected chi connectivity index (χ1v) is 8.58. The molecular formula is C19H29NO. The van der Waals surface area contributed by atoms with E-state index < -0.39 is 0 Å². The molecule has 0 aromatic heterocycles. The summed E-state index contributed by atoms with van der Waals surface area (Å²) < 4.78 is 5.60. The number of hydrogen-bond donors (Lipinski definition) is 1. The largest absolute Gasteiger partial charge is 0.493 e. The topological polar surface area (TPSA) is 21.3 Å². The Labute approximate surface area is 129 Å². The summed E-state index contributed by atoms with van der Waals surface area (Å²) in [5, 5.41) is 3.78. The molecule has 0 radical (unpaired) electrons. The highest BCUT2D eigenvalue weighted by Gasteiger charge is 2.49. The molecule has 0 saturated heterocycles. The highest BCUT2D eigenvalue weighted by atomic mass is 16.5. The van der Waals surface area contributed by atoms with Crippen molar-refractivity contribution in [1.82, 2.24) is 5.32 Å². The highest BCUT2D eigenvalue weighted by molar-refractivity contribution is 5.39. The number of nitrogens with one attached hydrogen (secondary N) is 1. The molecule has 0 amide bonds. The van der Waals surface area contributed by atoms with Gasteiger partial charge in [0.05, 0.1) is 6.61 Å². The van der Waals surface area contributed by atoms with E-state index in [0.717, 1.165) is 31.2 Å². The van der Waals surface area contributed by atoms with Gasteiger partial charge in [-0.1, -0.05) is 32.9 Å². The van der Waals surface area contributed by atoms with Crippen LogP contribution in [0.25, 0.3) is 0 Å². The third-order valence-electron chi connectivity index (χ3n) is 5.23. The van der Waals surface area contributed by atoms with Gasteiger partial charge in [-0.3, -0.25) is 0 Å². The Hall–Kier alpha value is -1.02. The fraction of sp³-hybridized carbons (Fsp3) is 0.684. The van der Waals surface area contributed by atoms with Crippen LogP contribution >= 0.6 is 0 Å². The van der Waals surface area contributed by atoms with Crippen molar-refractivity contribution in [3.8, 4) is 5.75 Å². The molecule has 2 atom stereocenters. The van der Waals surface area contributed by atoms with Crippen LogP contribution in [0, 0.1) is 11.3 Å². The summed E-state index contributed by atoms with van der Waals surface area (Å²) >= 11 is 0. The Bertz CT molecular complexity index is 494. The van der Waals surface area contributed by atoms with Gasteiger partial charge in [0.15, 0.2) is 0 Å². The predicted octanol–water partition coefficient (Wildman–Crippen LogP) is 3.97. The van der Waals surface area contributed by atoms with Gasteiger partial charge in [0.25, 0.3) is 0 Å². The van der Waals surface area contributed by atoms with Crippen LogP contribution in [0.3, 0.4) is 0 Å². The Morgan fingerprint density at radius 1 is 1.38 bits per heavy atom. The van der Waals surface area contributed by atoms with Crippen molar-refractivity contribution in [2.45, 2.75) is 58.9 Å². The van der Waals surface area contributed by atoms with E-state index in [1.165, 1.54) is 36.8 Å². The minimum Gasteiger partial charge on any atom is -0.493 e. The van der Waals surface area contributed by atoms with Gasteiger partial charge in [-0.15, -0.1) is 0 Å². The molecule has 1 fully saturated rings. The third-order valence-corrected chi connectivity index (χ3v) is 5.23. The van der Waals surface area contributed by atoms with Gasteiger partial charge < -0.3 is 10.1 Å². The van der Waals surface area contributed by atoms with Crippen molar-refractivity contribution in [3.63, 3.8) is 0 Å². The molecule has 21 heavy (non-hydrogen) atoms. The first-order valence-electron chi connectivity index (χ1n) is 8.58. The number of rotatable bonds is 7. The Kier molecular flexibility index (Phi) is 4.26. The van der Waals surface area contributed by atoms with E-state index in [2.05, 4.69) is 44.3 Å². The normalized spacial score (nSPS) is 23.5. The number of aryl methyl sites for hydroxylation is 1. The summed E-state index contributed by atoms with van der Waals surface area (Å²) in [6.45, 7) is 9.07.